The molecule has 4 rings (SSSR count). The van der Waals surface area contributed by atoms with Crippen LogP contribution < -0.4 is 15.5 Å². The number of rotatable bonds is 9. The number of amides is 2. The predicted octanol–water partition coefficient (Wildman–Crippen LogP) is 4.25. The summed E-state index contributed by atoms with van der Waals surface area (Å²) in [7, 11) is 0. The minimum absolute atomic E-state index is 0.147. The van der Waals surface area contributed by atoms with E-state index in [9.17, 15) is 14.0 Å². The van der Waals surface area contributed by atoms with Gasteiger partial charge in [-0.1, -0.05) is 11.2 Å². The van der Waals surface area contributed by atoms with Crippen molar-refractivity contribution in [2.75, 3.05) is 23.3 Å². The molecule has 0 aliphatic carbocycles. The van der Waals surface area contributed by atoms with Crippen LogP contribution in [0.5, 0.6) is 0 Å². The third-order valence-electron chi connectivity index (χ3n) is 5.95. The molecule has 1 aliphatic rings. The van der Waals surface area contributed by atoms with Gasteiger partial charge in [0.2, 0.25) is 23.5 Å². The lowest BCUT2D eigenvalue weighted by molar-refractivity contribution is -0.122. The Balaban J connectivity index is 1.22. The van der Waals surface area contributed by atoms with Crippen LogP contribution in [0, 0.1) is 12.7 Å². The highest BCUT2D eigenvalue weighted by atomic mass is 19.1. The van der Waals surface area contributed by atoms with E-state index >= 15 is 0 Å². The molecule has 0 saturated carbocycles. The van der Waals surface area contributed by atoms with E-state index < -0.39 is 0 Å². The maximum Gasteiger partial charge on any atom is 0.227 e. The molecule has 9 heteroatoms. The molecule has 2 N–H and O–H groups in total. The topological polar surface area (TPSA) is 100 Å². The summed E-state index contributed by atoms with van der Waals surface area (Å²) in [5.41, 5.74) is 3.00. The minimum atomic E-state index is -0.329. The van der Waals surface area contributed by atoms with Gasteiger partial charge < -0.3 is 20.1 Å². The van der Waals surface area contributed by atoms with Crippen molar-refractivity contribution < 1.29 is 18.5 Å². The van der Waals surface area contributed by atoms with Crippen LogP contribution in [0.2, 0.25) is 0 Å². The molecular weight excluding hydrogens is 449 g/mol. The molecule has 0 radical (unpaired) electrons. The maximum atomic E-state index is 13.5. The number of benzene rings is 2. The summed E-state index contributed by atoms with van der Waals surface area (Å²) in [5.74, 6) is 0.00140. The number of hydrogen-bond donors (Lipinski definition) is 2. The van der Waals surface area contributed by atoms with E-state index in [0.29, 0.717) is 22.8 Å². The van der Waals surface area contributed by atoms with Gasteiger partial charge >= 0.3 is 0 Å². The van der Waals surface area contributed by atoms with Gasteiger partial charge in [-0.25, -0.2) is 4.39 Å². The second-order valence-electron chi connectivity index (χ2n) is 8.94. The Labute approximate surface area is 203 Å². The number of carbonyl (C=O) groups excluding carboxylic acids is 2. The Bertz CT molecular complexity index is 1190. The van der Waals surface area contributed by atoms with Gasteiger partial charge in [-0.3, -0.25) is 9.59 Å². The van der Waals surface area contributed by atoms with Crippen molar-refractivity contribution in [3.63, 3.8) is 0 Å². The van der Waals surface area contributed by atoms with E-state index in [1.165, 1.54) is 18.9 Å². The van der Waals surface area contributed by atoms with Gasteiger partial charge in [0.1, 0.15) is 5.82 Å². The van der Waals surface area contributed by atoms with E-state index in [-0.39, 0.29) is 42.9 Å². The van der Waals surface area contributed by atoms with Gasteiger partial charge in [0.05, 0.1) is 0 Å². The fraction of sp³-hybridized carbons (Fsp3) is 0.385. The first-order valence-electron chi connectivity index (χ1n) is 11.9. The van der Waals surface area contributed by atoms with Gasteiger partial charge in [-0.05, 0) is 68.7 Å². The predicted molar refractivity (Wildman–Crippen MR) is 131 cm³/mol. The first-order chi connectivity index (χ1) is 16.9. The normalized spacial score (nSPS) is 14.1. The average molecular weight is 480 g/mol. The zero-order valence-corrected chi connectivity index (χ0v) is 20.0. The van der Waals surface area contributed by atoms with Crippen molar-refractivity contribution in [2.24, 2.45) is 0 Å². The van der Waals surface area contributed by atoms with Gasteiger partial charge in [0.25, 0.3) is 0 Å². The van der Waals surface area contributed by atoms with Crippen LogP contribution in [-0.2, 0) is 16.0 Å². The number of anilines is 2. The van der Waals surface area contributed by atoms with Crippen molar-refractivity contribution >= 4 is 23.2 Å². The van der Waals surface area contributed by atoms with Crippen molar-refractivity contribution in [1.29, 1.82) is 0 Å². The molecule has 2 heterocycles. The van der Waals surface area contributed by atoms with Gasteiger partial charge in [-0.15, -0.1) is 0 Å². The van der Waals surface area contributed by atoms with E-state index in [0.717, 1.165) is 24.5 Å². The summed E-state index contributed by atoms with van der Waals surface area (Å²) >= 11 is 0. The second kappa shape index (κ2) is 11.1. The Hall–Kier alpha value is -3.75. The zero-order valence-electron chi connectivity index (χ0n) is 20.0. The van der Waals surface area contributed by atoms with E-state index in [2.05, 4.69) is 31.7 Å². The summed E-state index contributed by atoms with van der Waals surface area (Å²) in [6.07, 6.45) is 2.95. The smallest absolute Gasteiger partial charge is 0.227 e. The highest BCUT2D eigenvalue weighted by molar-refractivity contribution is 5.92. The maximum absolute atomic E-state index is 13.5. The highest BCUT2D eigenvalue weighted by Crippen LogP contribution is 2.23. The second-order valence-corrected chi connectivity index (χ2v) is 8.94. The SMILES string of the molecule is Cc1cc(-c2noc(CCC(=O)NC(C)CC(=O)Nc3cccc(N4CCCC4)c3)n2)ccc1F. The molecule has 1 atom stereocenters. The van der Waals surface area contributed by atoms with Crippen LogP contribution >= 0.6 is 0 Å². The summed E-state index contributed by atoms with van der Waals surface area (Å²) in [4.78, 5) is 31.4. The number of aryl methyl sites for hydroxylation is 2. The number of nitrogens with zero attached hydrogens (tertiary/aromatic N) is 3. The lowest BCUT2D eigenvalue weighted by Crippen LogP contribution is -2.35. The summed E-state index contributed by atoms with van der Waals surface area (Å²) in [6, 6.07) is 12.1. The molecule has 2 aromatic carbocycles. The molecule has 3 aromatic rings. The molecule has 184 valence electrons. The van der Waals surface area contributed by atoms with Crippen molar-refractivity contribution in [3.05, 3.63) is 59.7 Å². The fourth-order valence-electron chi connectivity index (χ4n) is 4.12. The van der Waals surface area contributed by atoms with E-state index in [4.69, 9.17) is 4.52 Å². The zero-order chi connectivity index (χ0) is 24.8. The first kappa shape index (κ1) is 24.4. The van der Waals surface area contributed by atoms with Crippen LogP contribution in [0.3, 0.4) is 0 Å². The molecule has 1 saturated heterocycles. The molecule has 35 heavy (non-hydrogen) atoms. The molecular formula is C26H30FN5O3. The lowest BCUT2D eigenvalue weighted by atomic mass is 10.1. The first-order valence-corrected chi connectivity index (χ1v) is 11.9. The number of hydrogen-bond acceptors (Lipinski definition) is 6. The van der Waals surface area contributed by atoms with Crippen molar-refractivity contribution in [3.8, 4) is 11.4 Å². The molecule has 1 fully saturated rings. The molecule has 1 unspecified atom stereocenters. The number of carbonyl (C=O) groups is 2. The lowest BCUT2D eigenvalue weighted by Gasteiger charge is -2.19. The molecule has 8 nitrogen and oxygen atoms in total. The molecule has 2 amide bonds. The van der Waals surface area contributed by atoms with Crippen LogP contribution in [0.1, 0.15) is 44.1 Å². The molecule has 0 spiro atoms. The quantitative estimate of drug-likeness (QED) is 0.476. The van der Waals surface area contributed by atoms with Crippen molar-refractivity contribution in [1.82, 2.24) is 15.5 Å². The summed E-state index contributed by atoms with van der Waals surface area (Å²) in [6.45, 7) is 5.53. The van der Waals surface area contributed by atoms with Crippen LogP contribution in [0.15, 0.2) is 47.0 Å². The molecule has 1 aliphatic heterocycles. The Kier molecular flexibility index (Phi) is 7.74. The number of halogens is 1. The standard InChI is InChI=1S/C26H30FN5O3/c1-17-14-19(8-9-22(17)27)26-30-25(35-31-26)11-10-23(33)28-18(2)15-24(34)29-20-6-5-7-21(16-20)32-12-3-4-13-32/h5-9,14,16,18H,3-4,10-13,15H2,1-2H3,(H,28,33)(H,29,34). The monoisotopic (exact) mass is 479 g/mol. The third-order valence-corrected chi connectivity index (χ3v) is 5.95. The minimum Gasteiger partial charge on any atom is -0.371 e. The van der Waals surface area contributed by atoms with Gasteiger partial charge in [0.15, 0.2) is 0 Å². The van der Waals surface area contributed by atoms with Crippen molar-refractivity contribution in [2.45, 2.75) is 52.0 Å². The average Bonchev–Trinajstić information content (AvgIpc) is 3.52. The third kappa shape index (κ3) is 6.65. The Morgan fingerprint density at radius 3 is 2.71 bits per heavy atom. The highest BCUT2D eigenvalue weighted by Gasteiger charge is 2.16. The van der Waals surface area contributed by atoms with E-state index in [1.807, 2.05) is 18.2 Å². The largest absolute Gasteiger partial charge is 0.371 e. The van der Waals surface area contributed by atoms with Gasteiger partial charge in [-0.2, -0.15) is 4.98 Å². The summed E-state index contributed by atoms with van der Waals surface area (Å²) in [5, 5.41) is 9.67. The number of aromatic nitrogens is 2. The van der Waals surface area contributed by atoms with Crippen LogP contribution in [0.25, 0.3) is 11.4 Å². The van der Waals surface area contributed by atoms with Gasteiger partial charge in [0, 0.05) is 55.3 Å². The summed E-state index contributed by atoms with van der Waals surface area (Å²) < 4.78 is 18.7. The number of nitrogens with one attached hydrogen (secondary N) is 2. The fourth-order valence-corrected chi connectivity index (χ4v) is 4.12. The molecule has 0 bridgehead atoms. The van der Waals surface area contributed by atoms with Crippen LogP contribution in [-0.4, -0.2) is 41.1 Å². The Morgan fingerprint density at radius 2 is 1.94 bits per heavy atom. The van der Waals surface area contributed by atoms with E-state index in [1.54, 1.807) is 26.0 Å². The Morgan fingerprint density at radius 1 is 1.14 bits per heavy atom. The molecule has 1 aromatic heterocycles. The van der Waals surface area contributed by atoms with Crippen LogP contribution in [0.4, 0.5) is 15.8 Å².